The van der Waals surface area contributed by atoms with Gasteiger partial charge in [-0.2, -0.15) is 5.10 Å². The number of hydrogen-bond donors (Lipinski definition) is 1. The zero-order valence-corrected chi connectivity index (χ0v) is 24.7. The number of furan rings is 1. The van der Waals surface area contributed by atoms with Crippen molar-refractivity contribution in [2.24, 2.45) is 5.10 Å². The highest BCUT2D eigenvalue weighted by molar-refractivity contribution is 5.92. The molecule has 0 aliphatic rings. The summed E-state index contributed by atoms with van der Waals surface area (Å²) in [5.74, 6) is 1.08. The molecule has 4 aromatic rings. The van der Waals surface area contributed by atoms with Crippen LogP contribution in [0, 0.1) is 13.8 Å². The highest BCUT2D eigenvalue weighted by Crippen LogP contribution is 2.33. The largest absolute Gasteiger partial charge is 0.493 e. The predicted octanol–water partition coefficient (Wildman–Crippen LogP) is 5.71. The van der Waals surface area contributed by atoms with Gasteiger partial charge < -0.3 is 27.9 Å². The number of allylic oxidation sites excluding steroid dienone is 1. The van der Waals surface area contributed by atoms with Gasteiger partial charge in [0.1, 0.15) is 18.1 Å². The van der Waals surface area contributed by atoms with Gasteiger partial charge in [-0.3, -0.25) is 4.79 Å². The van der Waals surface area contributed by atoms with Crippen LogP contribution in [0.4, 0.5) is 0 Å². The first kappa shape index (κ1) is 30.7. The highest BCUT2D eigenvalue weighted by Gasteiger charge is 2.15. The number of rotatable bonds is 14. The normalized spacial score (nSPS) is 10.9. The first-order valence-corrected chi connectivity index (χ1v) is 13.7. The van der Waals surface area contributed by atoms with Crippen molar-refractivity contribution in [2.45, 2.75) is 33.8 Å². The fourth-order valence-corrected chi connectivity index (χ4v) is 4.43. The summed E-state index contributed by atoms with van der Waals surface area (Å²) in [4.78, 5) is 24.4. The van der Waals surface area contributed by atoms with Crippen molar-refractivity contribution in [1.82, 2.24) is 9.99 Å². The van der Waals surface area contributed by atoms with Crippen LogP contribution in [0.5, 0.6) is 17.2 Å². The van der Waals surface area contributed by atoms with Gasteiger partial charge in [0.2, 0.25) is 0 Å². The molecule has 224 valence electrons. The van der Waals surface area contributed by atoms with Crippen molar-refractivity contribution in [3.05, 3.63) is 107 Å². The van der Waals surface area contributed by atoms with Crippen molar-refractivity contribution in [3.63, 3.8) is 0 Å². The van der Waals surface area contributed by atoms with Gasteiger partial charge in [0, 0.05) is 22.6 Å². The average molecular weight is 586 g/mol. The molecule has 1 N–H and O–H groups in total. The third-order valence-corrected chi connectivity index (χ3v) is 6.39. The highest BCUT2D eigenvalue weighted by atomic mass is 16.6. The molecule has 2 heterocycles. The van der Waals surface area contributed by atoms with Crippen molar-refractivity contribution >= 4 is 18.1 Å². The van der Waals surface area contributed by atoms with E-state index in [1.807, 2.05) is 24.3 Å². The summed E-state index contributed by atoms with van der Waals surface area (Å²) in [7, 11) is 1.49. The maximum atomic E-state index is 12.6. The number of hydrazone groups is 1. The molecule has 2 aromatic carbocycles. The quantitative estimate of drug-likeness (QED) is 0.0873. The Morgan fingerprint density at radius 2 is 1.77 bits per heavy atom. The summed E-state index contributed by atoms with van der Waals surface area (Å²) in [6.45, 7) is 9.80. The van der Waals surface area contributed by atoms with Gasteiger partial charge in [-0.25, -0.2) is 10.2 Å². The number of aromatic nitrogens is 1. The molecular formula is C33H35N3O7. The smallest absolute Gasteiger partial charge is 0.344 e. The molecule has 0 spiro atoms. The van der Waals surface area contributed by atoms with Gasteiger partial charge in [0.15, 0.2) is 23.9 Å². The summed E-state index contributed by atoms with van der Waals surface area (Å²) in [5.41, 5.74) is 7.20. The molecule has 43 heavy (non-hydrogen) atoms. The topological polar surface area (TPSA) is 114 Å². The lowest BCUT2D eigenvalue weighted by atomic mass is 10.1. The number of ether oxygens (including phenoxy) is 4. The Hall–Kier alpha value is -5.25. The second-order valence-electron chi connectivity index (χ2n) is 9.50. The number of carbonyl (C=O) groups excluding carboxylic acids is 2. The molecule has 0 radical (unpaired) electrons. The van der Waals surface area contributed by atoms with E-state index in [1.54, 1.807) is 37.3 Å². The van der Waals surface area contributed by atoms with Gasteiger partial charge in [0.05, 0.1) is 19.9 Å². The number of benzene rings is 2. The van der Waals surface area contributed by atoms with Crippen LogP contribution < -0.4 is 19.6 Å². The molecule has 10 heteroatoms. The van der Waals surface area contributed by atoms with Crippen LogP contribution in [0.25, 0.3) is 5.69 Å². The van der Waals surface area contributed by atoms with E-state index in [0.29, 0.717) is 35.0 Å². The number of nitrogens with one attached hydrogen (secondary N) is 1. The van der Waals surface area contributed by atoms with Gasteiger partial charge in [-0.05, 0) is 93.4 Å². The molecule has 2 aromatic heterocycles. The molecule has 0 bridgehead atoms. The minimum absolute atomic E-state index is 0.0947. The molecule has 1 amide bonds. The molecule has 0 unspecified atom stereocenters. The van der Waals surface area contributed by atoms with E-state index in [0.717, 1.165) is 22.6 Å². The second-order valence-corrected chi connectivity index (χ2v) is 9.50. The molecule has 0 atom stereocenters. The van der Waals surface area contributed by atoms with E-state index in [4.69, 9.17) is 23.4 Å². The second kappa shape index (κ2) is 14.6. The first-order chi connectivity index (χ1) is 20.8. The lowest BCUT2D eigenvalue weighted by Crippen LogP contribution is -2.17. The van der Waals surface area contributed by atoms with Crippen LogP contribution in [-0.4, -0.2) is 43.0 Å². The van der Waals surface area contributed by atoms with E-state index in [1.165, 1.54) is 13.3 Å². The number of nitrogens with zero attached hydrogens (tertiary/aromatic N) is 2. The van der Waals surface area contributed by atoms with Crippen LogP contribution in [0.15, 0.2) is 82.8 Å². The Morgan fingerprint density at radius 1 is 1.02 bits per heavy atom. The molecule has 0 aliphatic carbocycles. The average Bonchev–Trinajstić information content (AvgIpc) is 3.61. The minimum atomic E-state index is -0.517. The zero-order valence-electron chi connectivity index (χ0n) is 24.7. The fourth-order valence-electron chi connectivity index (χ4n) is 4.43. The van der Waals surface area contributed by atoms with Crippen LogP contribution in [0.1, 0.15) is 45.8 Å². The molecule has 0 aliphatic heterocycles. The van der Waals surface area contributed by atoms with Gasteiger partial charge in [-0.1, -0.05) is 6.08 Å². The summed E-state index contributed by atoms with van der Waals surface area (Å²) in [6, 6.07) is 18.7. The maximum absolute atomic E-state index is 12.6. The summed E-state index contributed by atoms with van der Waals surface area (Å²) < 4.78 is 29.7. The fraction of sp³-hybridized carbons (Fsp3) is 0.242. The summed E-state index contributed by atoms with van der Waals surface area (Å²) in [6.07, 6.45) is 3.62. The Kier molecular flexibility index (Phi) is 10.4. The lowest BCUT2D eigenvalue weighted by Gasteiger charge is -2.15. The zero-order chi connectivity index (χ0) is 30.8. The Morgan fingerprint density at radius 3 is 2.44 bits per heavy atom. The standard InChI is InChI=1S/C33H35N3O7/c1-6-8-25-17-24(18-30(39-5)32(25)42-21-31(37)40-7-2)19-34-35-33(38)29-16-15-28(43-29)20-41-27-13-11-26(12-14-27)36-22(3)9-10-23(36)4/h6,9-19H,1,7-8,20-21H2,2-5H3,(H,35,38)/b34-19+. The minimum Gasteiger partial charge on any atom is -0.493 e. The third kappa shape index (κ3) is 7.94. The van der Waals surface area contributed by atoms with Gasteiger partial charge in [0.25, 0.3) is 0 Å². The molecule has 10 nitrogen and oxygen atoms in total. The van der Waals surface area contributed by atoms with Crippen molar-refractivity contribution < 1.29 is 33.0 Å². The Labute approximate surface area is 250 Å². The van der Waals surface area contributed by atoms with Crippen molar-refractivity contribution in [1.29, 1.82) is 0 Å². The number of methoxy groups -OCH3 is 1. The lowest BCUT2D eigenvalue weighted by molar-refractivity contribution is -0.145. The molecule has 0 saturated carbocycles. The number of esters is 1. The van der Waals surface area contributed by atoms with Gasteiger partial charge >= 0.3 is 11.9 Å². The summed E-state index contributed by atoms with van der Waals surface area (Å²) in [5, 5.41) is 4.05. The van der Waals surface area contributed by atoms with Gasteiger partial charge in [-0.15, -0.1) is 6.58 Å². The van der Waals surface area contributed by atoms with E-state index in [9.17, 15) is 9.59 Å². The molecule has 0 fully saturated rings. The van der Waals surface area contributed by atoms with E-state index >= 15 is 0 Å². The SMILES string of the molecule is C=CCc1cc(/C=N/NC(=O)c2ccc(COc3ccc(-n4c(C)ccc4C)cc3)o2)cc(OC)c1OCC(=O)OCC. The van der Waals surface area contributed by atoms with E-state index in [2.05, 4.69) is 47.7 Å². The first-order valence-electron chi connectivity index (χ1n) is 13.7. The molecular weight excluding hydrogens is 550 g/mol. The number of hydrogen-bond acceptors (Lipinski definition) is 8. The predicted molar refractivity (Wildman–Crippen MR) is 162 cm³/mol. The van der Waals surface area contributed by atoms with Crippen LogP contribution >= 0.6 is 0 Å². The number of amides is 1. The monoisotopic (exact) mass is 585 g/mol. The van der Waals surface area contributed by atoms with Crippen LogP contribution in [0.3, 0.4) is 0 Å². The maximum Gasteiger partial charge on any atom is 0.344 e. The number of carbonyl (C=O) groups is 2. The Bertz CT molecular complexity index is 1580. The van der Waals surface area contributed by atoms with Crippen LogP contribution in [-0.2, 0) is 22.6 Å². The molecule has 0 saturated heterocycles. The molecule has 4 rings (SSSR count). The van der Waals surface area contributed by atoms with E-state index < -0.39 is 11.9 Å². The third-order valence-electron chi connectivity index (χ3n) is 6.39. The number of aryl methyl sites for hydroxylation is 2. The summed E-state index contributed by atoms with van der Waals surface area (Å²) >= 11 is 0. The van der Waals surface area contributed by atoms with Crippen molar-refractivity contribution in [2.75, 3.05) is 20.3 Å². The van der Waals surface area contributed by atoms with Crippen molar-refractivity contribution in [3.8, 4) is 22.9 Å². The van der Waals surface area contributed by atoms with Crippen LogP contribution in [0.2, 0.25) is 0 Å². The Balaban J connectivity index is 1.34. The van der Waals surface area contributed by atoms with E-state index in [-0.39, 0.29) is 25.6 Å².